The average Bonchev–Trinajstić information content (AvgIpc) is 2.50. The molecule has 0 aliphatic heterocycles. The molecule has 0 heterocycles. The average molecular weight is 340 g/mol. The number of carbonyl (C=O) groups excluding carboxylic acids is 1. The van der Waals surface area contributed by atoms with Crippen molar-refractivity contribution in [2.24, 2.45) is 0 Å². The molecule has 3 aromatic rings. The van der Waals surface area contributed by atoms with Gasteiger partial charge in [-0.3, -0.25) is 4.79 Å². The smallest absolute Gasteiger partial charge is 0.228 e. The van der Waals surface area contributed by atoms with Crippen LogP contribution in [0.5, 0.6) is 0 Å². The molecular weight excluding hydrogens is 326 g/mol. The highest BCUT2D eigenvalue weighted by molar-refractivity contribution is 9.10. The highest BCUT2D eigenvalue weighted by Gasteiger charge is 2.06. The number of fused-ring (bicyclic) bond motifs is 1. The van der Waals surface area contributed by atoms with Crippen LogP contribution in [0.3, 0.4) is 0 Å². The summed E-state index contributed by atoms with van der Waals surface area (Å²) in [5.41, 5.74) is 1.85. The van der Waals surface area contributed by atoms with Crippen LogP contribution >= 0.6 is 15.9 Å². The number of hydrogen-bond acceptors (Lipinski definition) is 1. The quantitative estimate of drug-likeness (QED) is 0.730. The molecule has 3 heteroatoms. The number of anilines is 1. The van der Waals surface area contributed by atoms with Crippen LogP contribution in [0.15, 0.2) is 71.2 Å². The maximum absolute atomic E-state index is 12.2. The van der Waals surface area contributed by atoms with Crippen molar-refractivity contribution >= 4 is 38.3 Å². The molecule has 0 atom stereocenters. The van der Waals surface area contributed by atoms with Crippen LogP contribution in [-0.4, -0.2) is 5.91 Å². The van der Waals surface area contributed by atoms with Gasteiger partial charge in [0.25, 0.3) is 0 Å². The number of carbonyl (C=O) groups is 1. The standard InChI is InChI=1S/C18H14BrNO/c19-15-10-8-13(9-11-15)12-18(21)20-17-7-3-5-14-4-1-2-6-16(14)17/h1-11H,12H2,(H,20,21). The van der Waals surface area contributed by atoms with Gasteiger partial charge in [-0.2, -0.15) is 0 Å². The lowest BCUT2D eigenvalue weighted by atomic mass is 10.1. The van der Waals surface area contributed by atoms with Gasteiger partial charge in [-0.25, -0.2) is 0 Å². The van der Waals surface area contributed by atoms with Crippen molar-refractivity contribution in [3.63, 3.8) is 0 Å². The van der Waals surface area contributed by atoms with E-state index in [1.165, 1.54) is 0 Å². The third kappa shape index (κ3) is 3.31. The monoisotopic (exact) mass is 339 g/mol. The Balaban J connectivity index is 1.79. The first-order valence-corrected chi connectivity index (χ1v) is 7.54. The molecule has 0 aromatic heterocycles. The third-order valence-electron chi connectivity index (χ3n) is 3.34. The van der Waals surface area contributed by atoms with Crippen molar-refractivity contribution in [3.8, 4) is 0 Å². The summed E-state index contributed by atoms with van der Waals surface area (Å²) in [6.45, 7) is 0. The summed E-state index contributed by atoms with van der Waals surface area (Å²) in [6, 6.07) is 21.8. The van der Waals surface area contributed by atoms with Crippen molar-refractivity contribution in [1.29, 1.82) is 0 Å². The lowest BCUT2D eigenvalue weighted by Crippen LogP contribution is -2.14. The van der Waals surface area contributed by atoms with E-state index in [0.29, 0.717) is 6.42 Å². The highest BCUT2D eigenvalue weighted by Crippen LogP contribution is 2.23. The van der Waals surface area contributed by atoms with Gasteiger partial charge in [-0.05, 0) is 29.1 Å². The van der Waals surface area contributed by atoms with E-state index in [1.807, 2.05) is 66.7 Å². The summed E-state index contributed by atoms with van der Waals surface area (Å²) < 4.78 is 1.01. The largest absolute Gasteiger partial charge is 0.325 e. The summed E-state index contributed by atoms with van der Waals surface area (Å²) in [4.78, 5) is 12.2. The maximum Gasteiger partial charge on any atom is 0.228 e. The number of halogens is 1. The molecule has 1 N–H and O–H groups in total. The van der Waals surface area contributed by atoms with Gasteiger partial charge in [-0.1, -0.05) is 64.5 Å². The number of hydrogen-bond donors (Lipinski definition) is 1. The second kappa shape index (κ2) is 6.10. The van der Waals surface area contributed by atoms with Crippen LogP contribution in [0.1, 0.15) is 5.56 Å². The van der Waals surface area contributed by atoms with Gasteiger partial charge in [0.2, 0.25) is 5.91 Å². The molecule has 2 nitrogen and oxygen atoms in total. The predicted molar refractivity (Wildman–Crippen MR) is 90.4 cm³/mol. The second-order valence-corrected chi connectivity index (χ2v) is 5.79. The Bertz CT molecular complexity index is 775. The predicted octanol–water partition coefficient (Wildman–Crippen LogP) is 4.78. The van der Waals surface area contributed by atoms with Crippen molar-refractivity contribution in [1.82, 2.24) is 0 Å². The summed E-state index contributed by atoms with van der Waals surface area (Å²) in [6.07, 6.45) is 0.372. The molecule has 0 aliphatic carbocycles. The normalized spacial score (nSPS) is 10.5. The van der Waals surface area contributed by atoms with Crippen LogP contribution in [0.2, 0.25) is 0 Å². The first kappa shape index (κ1) is 13.8. The van der Waals surface area contributed by atoms with Crippen molar-refractivity contribution < 1.29 is 4.79 Å². The van der Waals surface area contributed by atoms with Crippen LogP contribution in [0.25, 0.3) is 10.8 Å². The van der Waals surface area contributed by atoms with E-state index in [-0.39, 0.29) is 5.91 Å². The van der Waals surface area contributed by atoms with E-state index in [0.717, 1.165) is 26.5 Å². The van der Waals surface area contributed by atoms with E-state index in [1.54, 1.807) is 0 Å². The summed E-state index contributed by atoms with van der Waals surface area (Å²) in [5, 5.41) is 5.18. The first-order chi connectivity index (χ1) is 10.2. The minimum absolute atomic E-state index is 0.00586. The van der Waals surface area contributed by atoms with Gasteiger partial charge in [0.15, 0.2) is 0 Å². The van der Waals surface area contributed by atoms with Crippen LogP contribution in [0.4, 0.5) is 5.69 Å². The first-order valence-electron chi connectivity index (χ1n) is 6.74. The van der Waals surface area contributed by atoms with Crippen LogP contribution in [-0.2, 0) is 11.2 Å². The van der Waals surface area contributed by atoms with Crippen molar-refractivity contribution in [3.05, 3.63) is 76.8 Å². The number of benzene rings is 3. The fraction of sp³-hybridized carbons (Fsp3) is 0.0556. The molecule has 104 valence electrons. The Morgan fingerprint density at radius 1 is 0.905 bits per heavy atom. The summed E-state index contributed by atoms with van der Waals surface area (Å²) in [5.74, 6) is -0.00586. The van der Waals surface area contributed by atoms with E-state index < -0.39 is 0 Å². The third-order valence-corrected chi connectivity index (χ3v) is 3.87. The Hall–Kier alpha value is -2.13. The maximum atomic E-state index is 12.2. The molecule has 1 amide bonds. The molecule has 21 heavy (non-hydrogen) atoms. The van der Waals surface area contributed by atoms with Crippen molar-refractivity contribution in [2.75, 3.05) is 5.32 Å². The lowest BCUT2D eigenvalue weighted by molar-refractivity contribution is -0.115. The topological polar surface area (TPSA) is 29.1 Å². The van der Waals surface area contributed by atoms with E-state index in [2.05, 4.69) is 21.2 Å². The number of nitrogens with one attached hydrogen (secondary N) is 1. The zero-order valence-electron chi connectivity index (χ0n) is 11.3. The van der Waals surface area contributed by atoms with Crippen LogP contribution < -0.4 is 5.32 Å². The molecule has 0 saturated carbocycles. The Kier molecular flexibility index (Phi) is 4.02. The minimum Gasteiger partial charge on any atom is -0.325 e. The number of rotatable bonds is 3. The number of amides is 1. The Labute approximate surface area is 131 Å². The Morgan fingerprint density at radius 2 is 1.62 bits per heavy atom. The molecule has 3 aromatic carbocycles. The fourth-order valence-electron chi connectivity index (χ4n) is 2.32. The molecule has 0 saturated heterocycles. The molecule has 0 aliphatic rings. The van der Waals surface area contributed by atoms with E-state index in [9.17, 15) is 4.79 Å². The van der Waals surface area contributed by atoms with Gasteiger partial charge in [0.05, 0.1) is 6.42 Å². The van der Waals surface area contributed by atoms with Gasteiger partial charge in [0, 0.05) is 15.5 Å². The Morgan fingerprint density at radius 3 is 2.43 bits per heavy atom. The highest BCUT2D eigenvalue weighted by atomic mass is 79.9. The summed E-state index contributed by atoms with van der Waals surface area (Å²) in [7, 11) is 0. The van der Waals surface area contributed by atoms with Crippen molar-refractivity contribution in [2.45, 2.75) is 6.42 Å². The summed E-state index contributed by atoms with van der Waals surface area (Å²) >= 11 is 3.39. The fourth-order valence-corrected chi connectivity index (χ4v) is 2.58. The molecule has 0 spiro atoms. The molecule has 0 bridgehead atoms. The SMILES string of the molecule is O=C(Cc1ccc(Br)cc1)Nc1cccc2ccccc12. The zero-order chi connectivity index (χ0) is 14.7. The molecule has 0 fully saturated rings. The lowest BCUT2D eigenvalue weighted by Gasteiger charge is -2.09. The van der Waals surface area contributed by atoms with Gasteiger partial charge >= 0.3 is 0 Å². The molecule has 0 radical (unpaired) electrons. The zero-order valence-corrected chi connectivity index (χ0v) is 12.9. The van der Waals surface area contributed by atoms with Gasteiger partial charge in [0.1, 0.15) is 0 Å². The molecule has 3 rings (SSSR count). The second-order valence-electron chi connectivity index (χ2n) is 4.88. The van der Waals surface area contributed by atoms with E-state index in [4.69, 9.17) is 0 Å². The van der Waals surface area contributed by atoms with Gasteiger partial charge < -0.3 is 5.32 Å². The minimum atomic E-state index is -0.00586. The van der Waals surface area contributed by atoms with Crippen LogP contribution in [0, 0.1) is 0 Å². The molecular formula is C18H14BrNO. The van der Waals surface area contributed by atoms with E-state index >= 15 is 0 Å². The van der Waals surface area contributed by atoms with Gasteiger partial charge in [-0.15, -0.1) is 0 Å². The molecule has 0 unspecified atom stereocenters.